The highest BCUT2D eigenvalue weighted by atomic mass is 16.5. The van der Waals surface area contributed by atoms with E-state index in [4.69, 9.17) is 4.74 Å². The molecule has 2 amide bonds. The second kappa shape index (κ2) is 7.07. The summed E-state index contributed by atoms with van der Waals surface area (Å²) in [5.74, 6) is 1.86. The second-order valence-corrected chi connectivity index (χ2v) is 7.13. The SMILES string of the molecule is Cc1ccccc1C1CN(C(=O)NCc2nnc3n2CCC3)C(C)CO1. The van der Waals surface area contributed by atoms with Gasteiger partial charge in [-0.2, -0.15) is 0 Å². The molecule has 1 saturated heterocycles. The van der Waals surface area contributed by atoms with Crippen molar-refractivity contribution in [2.75, 3.05) is 13.2 Å². The van der Waals surface area contributed by atoms with Crippen LogP contribution < -0.4 is 5.32 Å². The number of hydrogen-bond acceptors (Lipinski definition) is 4. The summed E-state index contributed by atoms with van der Waals surface area (Å²) < 4.78 is 8.11. The molecule has 26 heavy (non-hydrogen) atoms. The molecule has 138 valence electrons. The minimum absolute atomic E-state index is 0.0411. The predicted molar refractivity (Wildman–Crippen MR) is 96.6 cm³/mol. The number of amides is 2. The third kappa shape index (κ3) is 3.19. The van der Waals surface area contributed by atoms with Crippen LogP contribution in [0.4, 0.5) is 4.79 Å². The van der Waals surface area contributed by atoms with Crippen LogP contribution in [0.2, 0.25) is 0 Å². The number of urea groups is 1. The molecule has 2 aromatic rings. The monoisotopic (exact) mass is 355 g/mol. The summed E-state index contributed by atoms with van der Waals surface area (Å²) in [5.41, 5.74) is 2.33. The summed E-state index contributed by atoms with van der Waals surface area (Å²) in [4.78, 5) is 14.6. The number of aryl methyl sites for hydroxylation is 2. The summed E-state index contributed by atoms with van der Waals surface area (Å²) >= 11 is 0. The maximum absolute atomic E-state index is 12.8. The first-order valence-corrected chi connectivity index (χ1v) is 9.26. The number of nitrogens with one attached hydrogen (secondary N) is 1. The first-order chi connectivity index (χ1) is 12.6. The van der Waals surface area contributed by atoms with Crippen molar-refractivity contribution in [3.05, 3.63) is 47.0 Å². The smallest absolute Gasteiger partial charge is 0.318 e. The van der Waals surface area contributed by atoms with Gasteiger partial charge in [-0.05, 0) is 31.4 Å². The molecule has 0 bridgehead atoms. The Labute approximate surface area is 153 Å². The fourth-order valence-electron chi connectivity index (χ4n) is 3.77. The Hall–Kier alpha value is -2.41. The third-order valence-electron chi connectivity index (χ3n) is 5.31. The molecule has 7 heteroatoms. The van der Waals surface area contributed by atoms with Crippen molar-refractivity contribution >= 4 is 6.03 Å². The first-order valence-electron chi connectivity index (χ1n) is 9.26. The van der Waals surface area contributed by atoms with Gasteiger partial charge in [0.15, 0.2) is 5.82 Å². The summed E-state index contributed by atoms with van der Waals surface area (Å²) in [6, 6.07) is 8.15. The normalized spacial score (nSPS) is 22.3. The summed E-state index contributed by atoms with van der Waals surface area (Å²) in [6.07, 6.45) is 1.99. The van der Waals surface area contributed by atoms with Crippen LogP contribution in [0.5, 0.6) is 0 Å². The number of carbonyl (C=O) groups is 1. The minimum Gasteiger partial charge on any atom is -0.370 e. The highest BCUT2D eigenvalue weighted by Gasteiger charge is 2.31. The Morgan fingerprint density at radius 1 is 1.35 bits per heavy atom. The van der Waals surface area contributed by atoms with Gasteiger partial charge in [0.25, 0.3) is 0 Å². The lowest BCUT2D eigenvalue weighted by molar-refractivity contribution is -0.0431. The van der Waals surface area contributed by atoms with Gasteiger partial charge in [0.1, 0.15) is 11.9 Å². The largest absolute Gasteiger partial charge is 0.370 e. The zero-order valence-electron chi connectivity index (χ0n) is 15.3. The molecule has 2 atom stereocenters. The molecule has 0 radical (unpaired) electrons. The van der Waals surface area contributed by atoms with E-state index >= 15 is 0 Å². The molecular formula is C19H25N5O2. The van der Waals surface area contributed by atoms with Crippen molar-refractivity contribution in [3.63, 3.8) is 0 Å². The molecule has 7 nitrogen and oxygen atoms in total. The van der Waals surface area contributed by atoms with Crippen LogP contribution in [0.25, 0.3) is 0 Å². The highest BCUT2D eigenvalue weighted by Crippen LogP contribution is 2.27. The number of carbonyl (C=O) groups excluding carboxylic acids is 1. The average molecular weight is 355 g/mol. The zero-order chi connectivity index (χ0) is 18.1. The van der Waals surface area contributed by atoms with Gasteiger partial charge in [-0.25, -0.2) is 4.79 Å². The van der Waals surface area contributed by atoms with Gasteiger partial charge in [0.05, 0.1) is 25.7 Å². The Morgan fingerprint density at radius 3 is 3.04 bits per heavy atom. The lowest BCUT2D eigenvalue weighted by Crippen LogP contribution is -2.52. The number of rotatable bonds is 3. The molecule has 1 fully saturated rings. The zero-order valence-corrected chi connectivity index (χ0v) is 15.3. The molecule has 0 aliphatic carbocycles. The molecule has 1 aromatic carbocycles. The highest BCUT2D eigenvalue weighted by molar-refractivity contribution is 5.74. The van der Waals surface area contributed by atoms with E-state index in [-0.39, 0.29) is 18.2 Å². The Bertz CT molecular complexity index is 803. The van der Waals surface area contributed by atoms with Crippen LogP contribution in [0.15, 0.2) is 24.3 Å². The number of morpholine rings is 1. The Kier molecular flexibility index (Phi) is 4.63. The van der Waals surface area contributed by atoms with Crippen molar-refractivity contribution < 1.29 is 9.53 Å². The fraction of sp³-hybridized carbons (Fsp3) is 0.526. The van der Waals surface area contributed by atoms with Crippen LogP contribution in [0, 0.1) is 6.92 Å². The van der Waals surface area contributed by atoms with E-state index in [9.17, 15) is 4.79 Å². The molecular weight excluding hydrogens is 330 g/mol. The van der Waals surface area contributed by atoms with Crippen LogP contribution in [0.1, 0.15) is 42.2 Å². The molecule has 2 aliphatic heterocycles. The van der Waals surface area contributed by atoms with Gasteiger partial charge in [-0.15, -0.1) is 10.2 Å². The molecule has 1 N–H and O–H groups in total. The molecule has 2 unspecified atom stereocenters. The quantitative estimate of drug-likeness (QED) is 0.916. The number of aromatic nitrogens is 3. The summed E-state index contributed by atoms with van der Waals surface area (Å²) in [7, 11) is 0. The van der Waals surface area contributed by atoms with Gasteiger partial charge >= 0.3 is 6.03 Å². The van der Waals surface area contributed by atoms with Crippen LogP contribution in [0.3, 0.4) is 0 Å². The summed E-state index contributed by atoms with van der Waals surface area (Å²) in [5, 5.41) is 11.4. The van der Waals surface area contributed by atoms with Gasteiger partial charge in [-0.1, -0.05) is 24.3 Å². The molecule has 3 heterocycles. The van der Waals surface area contributed by atoms with Crippen LogP contribution >= 0.6 is 0 Å². The van der Waals surface area contributed by atoms with Crippen molar-refractivity contribution in [1.82, 2.24) is 25.0 Å². The van der Waals surface area contributed by atoms with Crippen molar-refractivity contribution in [1.29, 1.82) is 0 Å². The molecule has 2 aliphatic rings. The van der Waals surface area contributed by atoms with Crippen molar-refractivity contribution in [2.24, 2.45) is 0 Å². The summed E-state index contributed by atoms with van der Waals surface area (Å²) in [6.45, 7) is 6.53. The van der Waals surface area contributed by atoms with E-state index in [0.29, 0.717) is 19.7 Å². The molecule has 0 saturated carbocycles. The molecule has 0 spiro atoms. The second-order valence-electron chi connectivity index (χ2n) is 7.13. The molecule has 1 aromatic heterocycles. The topological polar surface area (TPSA) is 72.3 Å². The van der Waals surface area contributed by atoms with Crippen LogP contribution in [-0.4, -0.2) is 44.9 Å². The number of nitrogens with zero attached hydrogens (tertiary/aromatic N) is 4. The van der Waals surface area contributed by atoms with E-state index < -0.39 is 0 Å². The first kappa shape index (κ1) is 17.0. The average Bonchev–Trinajstić information content (AvgIpc) is 3.25. The maximum Gasteiger partial charge on any atom is 0.318 e. The number of benzene rings is 1. The van der Waals surface area contributed by atoms with E-state index in [1.807, 2.05) is 24.0 Å². The van der Waals surface area contributed by atoms with Crippen LogP contribution in [-0.2, 0) is 24.2 Å². The lowest BCUT2D eigenvalue weighted by Gasteiger charge is -2.38. The van der Waals surface area contributed by atoms with E-state index in [1.165, 1.54) is 5.56 Å². The fourth-order valence-corrected chi connectivity index (χ4v) is 3.77. The minimum atomic E-state index is -0.0875. The van der Waals surface area contributed by atoms with Gasteiger partial charge in [0, 0.05) is 13.0 Å². The van der Waals surface area contributed by atoms with Crippen molar-refractivity contribution in [2.45, 2.75) is 51.9 Å². The maximum atomic E-state index is 12.8. The third-order valence-corrected chi connectivity index (χ3v) is 5.31. The van der Waals surface area contributed by atoms with E-state index in [1.54, 1.807) is 0 Å². The van der Waals surface area contributed by atoms with Crippen molar-refractivity contribution in [3.8, 4) is 0 Å². The van der Waals surface area contributed by atoms with E-state index in [0.717, 1.165) is 36.6 Å². The van der Waals surface area contributed by atoms with E-state index in [2.05, 4.69) is 39.1 Å². The standard InChI is InChI=1S/C19H25N5O2/c1-13-6-3-4-7-15(13)16-11-24(14(2)12-26-16)19(25)20-10-18-22-21-17-8-5-9-23(17)18/h3-4,6-7,14,16H,5,8-12H2,1-2H3,(H,20,25). The Morgan fingerprint density at radius 2 is 2.19 bits per heavy atom. The number of fused-ring (bicyclic) bond motifs is 1. The predicted octanol–water partition coefficient (Wildman–Crippen LogP) is 2.20. The van der Waals surface area contributed by atoms with Gasteiger partial charge in [-0.3, -0.25) is 0 Å². The Balaban J connectivity index is 1.42. The molecule has 4 rings (SSSR count). The lowest BCUT2D eigenvalue weighted by atomic mass is 10.0. The number of hydrogen-bond donors (Lipinski definition) is 1. The number of ether oxygens (including phenoxy) is 1. The van der Waals surface area contributed by atoms with Gasteiger partial charge < -0.3 is 19.5 Å². The van der Waals surface area contributed by atoms with Gasteiger partial charge in [0.2, 0.25) is 0 Å².